The highest BCUT2D eigenvalue weighted by Gasteiger charge is 2.32. The SMILES string of the molecule is CCC(CC)(c1ccc(OCC(O)C(C)(C)C)c(C)c1)c1ccc2oc(C(=O)O)c(C)c2c1. The molecule has 5 heteroatoms. The highest BCUT2D eigenvalue weighted by Crippen LogP contribution is 2.42. The van der Waals surface area contributed by atoms with Crippen LogP contribution >= 0.6 is 0 Å². The highest BCUT2D eigenvalue weighted by molar-refractivity contribution is 5.95. The summed E-state index contributed by atoms with van der Waals surface area (Å²) in [5.74, 6) is -0.281. The topological polar surface area (TPSA) is 79.9 Å². The van der Waals surface area contributed by atoms with Crippen LogP contribution < -0.4 is 4.74 Å². The Bertz CT molecular complexity index is 1150. The molecule has 2 N–H and O–H groups in total. The third-order valence-electron chi connectivity index (χ3n) is 7.01. The number of aliphatic hydroxyl groups is 1. The molecule has 0 fully saturated rings. The van der Waals surface area contributed by atoms with Gasteiger partial charge in [0.1, 0.15) is 17.9 Å². The van der Waals surface area contributed by atoms with E-state index < -0.39 is 12.1 Å². The zero-order chi connectivity index (χ0) is 24.6. The van der Waals surface area contributed by atoms with E-state index in [2.05, 4.69) is 32.0 Å². The molecule has 0 radical (unpaired) electrons. The standard InChI is InChI=1S/C28H36O5/c1-8-28(9-2,20-11-13-23-21(15-20)18(4)25(33-23)26(30)31)19-10-12-22(17(3)14-19)32-16-24(29)27(5,6)7/h10-15,24,29H,8-9,16H2,1-7H3,(H,30,31). The molecular formula is C28H36O5. The molecule has 1 unspecified atom stereocenters. The van der Waals surface area contributed by atoms with Crippen molar-refractivity contribution in [2.24, 2.45) is 5.41 Å². The van der Waals surface area contributed by atoms with Gasteiger partial charge in [-0.25, -0.2) is 4.79 Å². The van der Waals surface area contributed by atoms with E-state index in [1.54, 1.807) is 6.92 Å². The van der Waals surface area contributed by atoms with Gasteiger partial charge in [0.05, 0.1) is 6.10 Å². The van der Waals surface area contributed by atoms with Crippen molar-refractivity contribution in [3.8, 4) is 5.75 Å². The Morgan fingerprint density at radius 1 is 1.03 bits per heavy atom. The number of aliphatic hydroxyl groups excluding tert-OH is 1. The number of carboxylic acid groups (broad SMARTS) is 1. The van der Waals surface area contributed by atoms with Gasteiger partial charge in [-0.1, -0.05) is 52.8 Å². The smallest absolute Gasteiger partial charge is 0.372 e. The summed E-state index contributed by atoms with van der Waals surface area (Å²) in [6.07, 6.45) is 1.22. The summed E-state index contributed by atoms with van der Waals surface area (Å²) in [7, 11) is 0. The first-order valence-electron chi connectivity index (χ1n) is 11.6. The molecule has 1 heterocycles. The first-order valence-corrected chi connectivity index (χ1v) is 11.6. The average molecular weight is 453 g/mol. The summed E-state index contributed by atoms with van der Waals surface area (Å²) < 4.78 is 11.5. The molecule has 0 saturated heterocycles. The molecular weight excluding hydrogens is 416 g/mol. The number of rotatable bonds is 8. The van der Waals surface area contributed by atoms with Crippen LogP contribution in [0.3, 0.4) is 0 Å². The lowest BCUT2D eigenvalue weighted by Gasteiger charge is -2.34. The van der Waals surface area contributed by atoms with E-state index in [1.807, 2.05) is 45.9 Å². The second-order valence-electron chi connectivity index (χ2n) is 10.0. The molecule has 1 atom stereocenters. The Morgan fingerprint density at radius 3 is 2.18 bits per heavy atom. The number of carboxylic acids is 1. The molecule has 2 aromatic carbocycles. The number of furan rings is 1. The molecule has 0 aliphatic carbocycles. The minimum atomic E-state index is -1.05. The van der Waals surface area contributed by atoms with Gasteiger partial charge in [0.25, 0.3) is 0 Å². The number of hydrogen-bond acceptors (Lipinski definition) is 4. The molecule has 0 aliphatic rings. The molecule has 5 nitrogen and oxygen atoms in total. The zero-order valence-electron chi connectivity index (χ0n) is 20.8. The van der Waals surface area contributed by atoms with E-state index >= 15 is 0 Å². The van der Waals surface area contributed by atoms with Gasteiger partial charge in [-0.3, -0.25) is 0 Å². The van der Waals surface area contributed by atoms with Crippen LogP contribution in [0.1, 0.15) is 80.3 Å². The van der Waals surface area contributed by atoms with Crippen LogP contribution in [0.4, 0.5) is 0 Å². The molecule has 178 valence electrons. The first-order chi connectivity index (χ1) is 15.4. The number of aryl methyl sites for hydroxylation is 2. The first kappa shape index (κ1) is 24.8. The van der Waals surface area contributed by atoms with Crippen molar-refractivity contribution < 1.29 is 24.2 Å². The van der Waals surface area contributed by atoms with Crippen molar-refractivity contribution >= 4 is 16.9 Å². The fourth-order valence-corrected chi connectivity index (χ4v) is 4.48. The third-order valence-corrected chi connectivity index (χ3v) is 7.01. The van der Waals surface area contributed by atoms with Crippen LogP contribution in [-0.4, -0.2) is 28.9 Å². The maximum Gasteiger partial charge on any atom is 0.372 e. The molecule has 0 aliphatic heterocycles. The van der Waals surface area contributed by atoms with Gasteiger partial charge in [0.2, 0.25) is 5.76 Å². The van der Waals surface area contributed by atoms with E-state index in [4.69, 9.17) is 9.15 Å². The summed E-state index contributed by atoms with van der Waals surface area (Å²) in [5.41, 5.74) is 4.12. The van der Waals surface area contributed by atoms with Crippen LogP contribution in [0.2, 0.25) is 0 Å². The number of benzene rings is 2. The van der Waals surface area contributed by atoms with Gasteiger partial charge in [0.15, 0.2) is 0 Å². The fourth-order valence-electron chi connectivity index (χ4n) is 4.48. The Morgan fingerprint density at radius 2 is 1.64 bits per heavy atom. The summed E-state index contributed by atoms with van der Waals surface area (Å²) >= 11 is 0. The lowest BCUT2D eigenvalue weighted by molar-refractivity contribution is 0.0216. The van der Waals surface area contributed by atoms with E-state index in [9.17, 15) is 15.0 Å². The Kier molecular flexibility index (Phi) is 6.94. The predicted molar refractivity (Wildman–Crippen MR) is 131 cm³/mol. The predicted octanol–water partition coefficient (Wildman–Crippen LogP) is 6.64. The van der Waals surface area contributed by atoms with Crippen molar-refractivity contribution in [3.63, 3.8) is 0 Å². The third kappa shape index (κ3) is 4.65. The number of ether oxygens (including phenoxy) is 1. The largest absolute Gasteiger partial charge is 0.491 e. The normalized spacial score (nSPS) is 13.3. The Balaban J connectivity index is 2.00. The second kappa shape index (κ2) is 9.22. The summed E-state index contributed by atoms with van der Waals surface area (Å²) in [6, 6.07) is 12.3. The summed E-state index contributed by atoms with van der Waals surface area (Å²) in [5, 5.41) is 20.6. The Labute approximate surface area is 196 Å². The fraction of sp³-hybridized carbons (Fsp3) is 0.464. The van der Waals surface area contributed by atoms with Gasteiger partial charge >= 0.3 is 5.97 Å². The molecule has 0 amide bonds. The van der Waals surface area contributed by atoms with E-state index in [-0.39, 0.29) is 23.2 Å². The maximum atomic E-state index is 11.5. The van der Waals surface area contributed by atoms with Crippen molar-refractivity contribution in [3.05, 3.63) is 64.4 Å². The zero-order valence-corrected chi connectivity index (χ0v) is 20.8. The van der Waals surface area contributed by atoms with Gasteiger partial charge < -0.3 is 19.4 Å². The number of carbonyl (C=O) groups is 1. The molecule has 0 bridgehead atoms. The Hall–Kier alpha value is -2.79. The number of aromatic carboxylic acids is 1. The number of hydrogen-bond donors (Lipinski definition) is 2. The molecule has 0 spiro atoms. The van der Waals surface area contributed by atoms with Crippen molar-refractivity contribution in [1.82, 2.24) is 0 Å². The number of fused-ring (bicyclic) bond motifs is 1. The molecule has 0 saturated carbocycles. The van der Waals surface area contributed by atoms with E-state index in [1.165, 1.54) is 5.56 Å². The van der Waals surface area contributed by atoms with Crippen LogP contribution in [0.15, 0.2) is 40.8 Å². The second-order valence-corrected chi connectivity index (χ2v) is 10.0. The van der Waals surface area contributed by atoms with Crippen LogP contribution in [-0.2, 0) is 5.41 Å². The molecule has 33 heavy (non-hydrogen) atoms. The summed E-state index contributed by atoms with van der Waals surface area (Å²) in [6.45, 7) is 14.4. The van der Waals surface area contributed by atoms with Crippen LogP contribution in [0.25, 0.3) is 11.0 Å². The van der Waals surface area contributed by atoms with Crippen LogP contribution in [0.5, 0.6) is 5.75 Å². The highest BCUT2D eigenvalue weighted by atomic mass is 16.5. The average Bonchev–Trinajstić information content (AvgIpc) is 3.10. The lowest BCUT2D eigenvalue weighted by Crippen LogP contribution is -2.32. The van der Waals surface area contributed by atoms with E-state index in [0.717, 1.165) is 35.1 Å². The molecule has 3 aromatic rings. The van der Waals surface area contributed by atoms with Gasteiger partial charge in [-0.05, 0) is 67.0 Å². The van der Waals surface area contributed by atoms with Crippen molar-refractivity contribution in [2.75, 3.05) is 6.61 Å². The quantitative estimate of drug-likeness (QED) is 0.400. The van der Waals surface area contributed by atoms with Gasteiger partial charge in [0, 0.05) is 16.4 Å². The summed E-state index contributed by atoms with van der Waals surface area (Å²) in [4.78, 5) is 11.5. The molecule has 1 aromatic heterocycles. The maximum absolute atomic E-state index is 11.5. The lowest BCUT2D eigenvalue weighted by atomic mass is 9.70. The van der Waals surface area contributed by atoms with E-state index in [0.29, 0.717) is 11.1 Å². The minimum absolute atomic E-state index is 0.00413. The monoisotopic (exact) mass is 452 g/mol. The van der Waals surface area contributed by atoms with Gasteiger partial charge in [-0.2, -0.15) is 0 Å². The van der Waals surface area contributed by atoms with Crippen molar-refractivity contribution in [1.29, 1.82) is 0 Å². The van der Waals surface area contributed by atoms with Crippen LogP contribution in [0, 0.1) is 19.3 Å². The minimum Gasteiger partial charge on any atom is -0.491 e. The van der Waals surface area contributed by atoms with Crippen molar-refractivity contribution in [2.45, 2.75) is 72.8 Å². The van der Waals surface area contributed by atoms with Gasteiger partial charge in [-0.15, -0.1) is 0 Å². The molecule has 3 rings (SSSR count).